The first-order valence-electron chi connectivity index (χ1n) is 9.57. The fraction of sp³-hybridized carbons (Fsp3) is 0.318. The number of rotatable bonds is 7. The number of primary amides is 1. The monoisotopic (exact) mass is 392 g/mol. The standard InChI is InChI=1S/C22H24N4O3/c1-15(29-18-10-8-16(13-23)9-11-18)22(28)25-19-6-3-2-5-17(19)14-26-12-4-7-20(26)21(24)27/h2-3,5-6,8-11,15,20H,4,7,12,14H2,1H3,(H2,24,27)(H,25,28). The topological polar surface area (TPSA) is 108 Å². The van der Waals surface area contributed by atoms with Crippen LogP contribution in [0, 0.1) is 11.3 Å². The Hall–Kier alpha value is -3.37. The fourth-order valence-corrected chi connectivity index (χ4v) is 3.44. The van der Waals surface area contributed by atoms with E-state index in [9.17, 15) is 9.59 Å². The fourth-order valence-electron chi connectivity index (χ4n) is 3.44. The third-order valence-corrected chi connectivity index (χ3v) is 5.01. The Morgan fingerprint density at radius 3 is 2.69 bits per heavy atom. The first-order chi connectivity index (χ1) is 14.0. The van der Waals surface area contributed by atoms with Crippen molar-refractivity contribution in [3.63, 3.8) is 0 Å². The number of benzene rings is 2. The molecule has 1 heterocycles. The lowest BCUT2D eigenvalue weighted by Gasteiger charge is -2.23. The Bertz CT molecular complexity index is 920. The summed E-state index contributed by atoms with van der Waals surface area (Å²) in [6, 6.07) is 15.9. The number of nitrogens with one attached hydrogen (secondary N) is 1. The summed E-state index contributed by atoms with van der Waals surface area (Å²) in [5.74, 6) is -0.0792. The second-order valence-corrected chi connectivity index (χ2v) is 7.07. The second kappa shape index (κ2) is 9.22. The maximum absolute atomic E-state index is 12.6. The normalized spacial score (nSPS) is 17.3. The summed E-state index contributed by atoms with van der Waals surface area (Å²) >= 11 is 0. The molecule has 7 heteroatoms. The number of ether oxygens (including phenoxy) is 1. The van der Waals surface area contributed by atoms with Gasteiger partial charge in [-0.15, -0.1) is 0 Å². The van der Waals surface area contributed by atoms with Crippen molar-refractivity contribution < 1.29 is 14.3 Å². The Balaban J connectivity index is 1.65. The van der Waals surface area contributed by atoms with Crippen molar-refractivity contribution in [1.29, 1.82) is 5.26 Å². The number of hydrogen-bond donors (Lipinski definition) is 2. The molecule has 0 saturated carbocycles. The molecule has 2 aromatic carbocycles. The summed E-state index contributed by atoms with van der Waals surface area (Å²) in [5, 5.41) is 11.8. The first kappa shape index (κ1) is 20.4. The number of nitrogens with zero attached hydrogens (tertiary/aromatic N) is 2. The van der Waals surface area contributed by atoms with E-state index in [2.05, 4.69) is 5.32 Å². The number of carbonyl (C=O) groups excluding carboxylic acids is 2. The van der Waals surface area contributed by atoms with Crippen LogP contribution in [0.1, 0.15) is 30.9 Å². The molecule has 2 aromatic rings. The van der Waals surface area contributed by atoms with Crippen molar-refractivity contribution in [1.82, 2.24) is 4.90 Å². The van der Waals surface area contributed by atoms with Gasteiger partial charge in [0, 0.05) is 12.2 Å². The molecule has 2 amide bonds. The number of nitrogens with two attached hydrogens (primary N) is 1. The van der Waals surface area contributed by atoms with Crippen LogP contribution in [0.25, 0.3) is 0 Å². The number of hydrogen-bond acceptors (Lipinski definition) is 5. The van der Waals surface area contributed by atoms with E-state index < -0.39 is 6.10 Å². The van der Waals surface area contributed by atoms with Crippen molar-refractivity contribution in [2.24, 2.45) is 5.73 Å². The van der Waals surface area contributed by atoms with Crippen molar-refractivity contribution in [3.05, 3.63) is 59.7 Å². The molecular formula is C22H24N4O3. The lowest BCUT2D eigenvalue weighted by Crippen LogP contribution is -2.40. The molecule has 7 nitrogen and oxygen atoms in total. The highest BCUT2D eigenvalue weighted by Crippen LogP contribution is 2.24. The van der Waals surface area contributed by atoms with Crippen LogP contribution in [0.15, 0.2) is 48.5 Å². The van der Waals surface area contributed by atoms with Gasteiger partial charge < -0.3 is 15.8 Å². The van der Waals surface area contributed by atoms with Crippen LogP contribution in [0.3, 0.4) is 0 Å². The van der Waals surface area contributed by atoms with Gasteiger partial charge in [-0.05, 0) is 62.2 Å². The highest BCUT2D eigenvalue weighted by atomic mass is 16.5. The summed E-state index contributed by atoms with van der Waals surface area (Å²) in [7, 11) is 0. The van der Waals surface area contributed by atoms with Crippen LogP contribution in [0.5, 0.6) is 5.75 Å². The summed E-state index contributed by atoms with van der Waals surface area (Å²) in [6.45, 7) is 3.00. The largest absolute Gasteiger partial charge is 0.481 e. The zero-order valence-electron chi connectivity index (χ0n) is 16.3. The zero-order valence-corrected chi connectivity index (χ0v) is 16.3. The number of anilines is 1. The predicted octanol–water partition coefficient (Wildman–Crippen LogP) is 2.41. The van der Waals surface area contributed by atoms with E-state index >= 15 is 0 Å². The van der Waals surface area contributed by atoms with Crippen molar-refractivity contribution in [2.45, 2.75) is 38.5 Å². The smallest absolute Gasteiger partial charge is 0.265 e. The Kier molecular flexibility index (Phi) is 6.47. The van der Waals surface area contributed by atoms with Crippen molar-refractivity contribution in [2.75, 3.05) is 11.9 Å². The third-order valence-electron chi connectivity index (χ3n) is 5.01. The summed E-state index contributed by atoms with van der Waals surface area (Å²) < 4.78 is 5.68. The van der Waals surface area contributed by atoms with Gasteiger partial charge in [-0.2, -0.15) is 5.26 Å². The minimum Gasteiger partial charge on any atom is -0.481 e. The van der Waals surface area contributed by atoms with Gasteiger partial charge in [-0.1, -0.05) is 18.2 Å². The summed E-state index contributed by atoms with van der Waals surface area (Å²) in [6.07, 6.45) is 0.970. The maximum Gasteiger partial charge on any atom is 0.265 e. The SMILES string of the molecule is CC(Oc1ccc(C#N)cc1)C(=O)Nc1ccccc1CN1CCCC1C(N)=O. The van der Waals surface area contributed by atoms with E-state index in [1.165, 1.54) is 0 Å². The van der Waals surface area contributed by atoms with Crippen molar-refractivity contribution in [3.8, 4) is 11.8 Å². The molecule has 29 heavy (non-hydrogen) atoms. The zero-order chi connectivity index (χ0) is 20.8. The van der Waals surface area contributed by atoms with Crippen LogP contribution in [0.2, 0.25) is 0 Å². The van der Waals surface area contributed by atoms with E-state index in [1.807, 2.05) is 35.2 Å². The molecule has 1 aliphatic rings. The molecule has 0 aromatic heterocycles. The quantitative estimate of drug-likeness (QED) is 0.752. The second-order valence-electron chi connectivity index (χ2n) is 7.07. The molecule has 0 radical (unpaired) electrons. The lowest BCUT2D eigenvalue weighted by molar-refractivity contribution is -0.123. The first-order valence-corrected chi connectivity index (χ1v) is 9.57. The van der Waals surface area contributed by atoms with E-state index in [0.29, 0.717) is 23.5 Å². The highest BCUT2D eigenvalue weighted by molar-refractivity contribution is 5.94. The Morgan fingerprint density at radius 2 is 2.00 bits per heavy atom. The van der Waals surface area contributed by atoms with Gasteiger partial charge in [0.25, 0.3) is 5.91 Å². The number of amides is 2. The molecule has 150 valence electrons. The molecule has 2 atom stereocenters. The average Bonchev–Trinajstić information content (AvgIpc) is 3.18. The van der Waals surface area contributed by atoms with E-state index in [4.69, 9.17) is 15.7 Å². The molecule has 1 aliphatic heterocycles. The van der Waals surface area contributed by atoms with Gasteiger partial charge in [-0.25, -0.2) is 0 Å². The number of nitriles is 1. The Labute approximate surface area is 170 Å². The van der Waals surface area contributed by atoms with Gasteiger partial charge >= 0.3 is 0 Å². The van der Waals surface area contributed by atoms with Gasteiger partial charge in [0.15, 0.2) is 6.10 Å². The lowest BCUT2D eigenvalue weighted by atomic mass is 10.1. The van der Waals surface area contributed by atoms with Crippen molar-refractivity contribution >= 4 is 17.5 Å². The Morgan fingerprint density at radius 1 is 1.28 bits per heavy atom. The summed E-state index contributed by atoms with van der Waals surface area (Å²) in [5.41, 5.74) is 7.63. The van der Waals surface area contributed by atoms with E-state index in [1.54, 1.807) is 31.2 Å². The van der Waals surface area contributed by atoms with Crippen LogP contribution >= 0.6 is 0 Å². The third kappa shape index (κ3) is 5.12. The minimum atomic E-state index is -0.721. The molecule has 1 fully saturated rings. The maximum atomic E-state index is 12.6. The molecule has 0 aliphatic carbocycles. The highest BCUT2D eigenvalue weighted by Gasteiger charge is 2.29. The predicted molar refractivity (Wildman–Crippen MR) is 109 cm³/mol. The number of para-hydroxylation sites is 1. The molecule has 0 bridgehead atoms. The van der Waals surface area contributed by atoms with Gasteiger partial charge in [0.1, 0.15) is 5.75 Å². The van der Waals surface area contributed by atoms with E-state index in [-0.39, 0.29) is 17.9 Å². The van der Waals surface area contributed by atoms with Gasteiger partial charge in [0.2, 0.25) is 5.91 Å². The summed E-state index contributed by atoms with van der Waals surface area (Å²) in [4.78, 5) is 26.3. The molecular weight excluding hydrogens is 368 g/mol. The molecule has 0 spiro atoms. The molecule has 1 saturated heterocycles. The minimum absolute atomic E-state index is 0.266. The van der Waals surface area contributed by atoms with Crippen LogP contribution in [0.4, 0.5) is 5.69 Å². The van der Waals surface area contributed by atoms with Gasteiger partial charge in [-0.3, -0.25) is 14.5 Å². The van der Waals surface area contributed by atoms with E-state index in [0.717, 1.165) is 24.9 Å². The number of carbonyl (C=O) groups is 2. The molecule has 2 unspecified atom stereocenters. The molecule has 3 rings (SSSR count). The number of likely N-dealkylation sites (tertiary alicyclic amines) is 1. The van der Waals surface area contributed by atoms with Crippen LogP contribution in [-0.2, 0) is 16.1 Å². The van der Waals surface area contributed by atoms with Gasteiger partial charge in [0.05, 0.1) is 17.7 Å². The average molecular weight is 392 g/mol. The van der Waals surface area contributed by atoms with Crippen LogP contribution in [-0.4, -0.2) is 35.4 Å². The van der Waals surface area contributed by atoms with Crippen LogP contribution < -0.4 is 15.8 Å². The molecule has 3 N–H and O–H groups in total.